The average molecular weight is 259 g/mol. The maximum Gasteiger partial charge on any atom is 0.410 e. The first-order valence-corrected chi connectivity index (χ1v) is 5.98. The van der Waals surface area contributed by atoms with E-state index in [-0.39, 0.29) is 6.54 Å². The molecule has 1 rings (SSSR count). The lowest BCUT2D eigenvalue weighted by molar-refractivity contribution is -0.150. The van der Waals surface area contributed by atoms with Gasteiger partial charge in [-0.05, 0) is 27.2 Å². The van der Waals surface area contributed by atoms with E-state index < -0.39 is 29.7 Å². The van der Waals surface area contributed by atoms with E-state index in [0.29, 0.717) is 13.0 Å². The SMILES string of the molecule is COC1CN(C(=O)OC(C)(C)C)CCC1C(=O)O. The summed E-state index contributed by atoms with van der Waals surface area (Å²) in [5.74, 6) is -1.45. The molecule has 0 aromatic heterocycles. The van der Waals surface area contributed by atoms with Gasteiger partial charge in [-0.3, -0.25) is 4.79 Å². The number of nitrogens with zero attached hydrogens (tertiary/aromatic N) is 1. The standard InChI is InChI=1S/C12H21NO5/c1-12(2,3)18-11(16)13-6-5-8(10(14)15)9(7-13)17-4/h8-9H,5-7H2,1-4H3,(H,14,15). The summed E-state index contributed by atoms with van der Waals surface area (Å²) >= 11 is 0. The molecule has 0 radical (unpaired) electrons. The van der Waals surface area contributed by atoms with Crippen LogP contribution in [-0.2, 0) is 14.3 Å². The van der Waals surface area contributed by atoms with E-state index in [9.17, 15) is 9.59 Å². The summed E-state index contributed by atoms with van der Waals surface area (Å²) in [5.41, 5.74) is -0.552. The second-order valence-electron chi connectivity index (χ2n) is 5.43. The second kappa shape index (κ2) is 5.56. The molecule has 0 aliphatic carbocycles. The van der Waals surface area contributed by atoms with Crippen LogP contribution in [-0.4, -0.2) is 54.0 Å². The van der Waals surface area contributed by atoms with Gasteiger partial charge in [-0.1, -0.05) is 0 Å². The lowest BCUT2D eigenvalue weighted by atomic mass is 9.94. The molecule has 1 aliphatic heterocycles. The molecule has 0 saturated carbocycles. The molecular weight excluding hydrogens is 238 g/mol. The van der Waals surface area contributed by atoms with Gasteiger partial charge in [0.2, 0.25) is 0 Å². The number of carboxylic acids is 1. The Hall–Kier alpha value is -1.30. The van der Waals surface area contributed by atoms with Crippen molar-refractivity contribution in [2.45, 2.75) is 38.9 Å². The Balaban J connectivity index is 2.62. The summed E-state index contributed by atoms with van der Waals surface area (Å²) in [5, 5.41) is 9.04. The predicted molar refractivity (Wildman–Crippen MR) is 64.3 cm³/mol. The molecule has 1 fully saturated rings. The molecule has 18 heavy (non-hydrogen) atoms. The third kappa shape index (κ3) is 3.87. The minimum Gasteiger partial charge on any atom is -0.481 e. The zero-order valence-corrected chi connectivity index (χ0v) is 11.3. The Morgan fingerprint density at radius 2 is 1.94 bits per heavy atom. The van der Waals surface area contributed by atoms with E-state index in [1.807, 2.05) is 0 Å². The molecule has 1 N–H and O–H groups in total. The van der Waals surface area contributed by atoms with E-state index in [2.05, 4.69) is 0 Å². The van der Waals surface area contributed by atoms with Gasteiger partial charge in [-0.2, -0.15) is 0 Å². The van der Waals surface area contributed by atoms with Gasteiger partial charge >= 0.3 is 12.1 Å². The fourth-order valence-corrected chi connectivity index (χ4v) is 1.93. The van der Waals surface area contributed by atoms with Crippen LogP contribution < -0.4 is 0 Å². The fourth-order valence-electron chi connectivity index (χ4n) is 1.93. The van der Waals surface area contributed by atoms with Gasteiger partial charge in [0.25, 0.3) is 0 Å². The molecule has 0 bridgehead atoms. The number of carbonyl (C=O) groups excluding carboxylic acids is 1. The number of hydrogen-bond donors (Lipinski definition) is 1. The zero-order valence-electron chi connectivity index (χ0n) is 11.3. The van der Waals surface area contributed by atoms with Crippen molar-refractivity contribution in [3.05, 3.63) is 0 Å². The normalized spacial score (nSPS) is 24.8. The number of amides is 1. The van der Waals surface area contributed by atoms with Crippen molar-refractivity contribution >= 4 is 12.1 Å². The van der Waals surface area contributed by atoms with E-state index in [4.69, 9.17) is 14.6 Å². The van der Waals surface area contributed by atoms with Crippen LogP contribution in [0.5, 0.6) is 0 Å². The predicted octanol–water partition coefficient (Wildman–Crippen LogP) is 1.34. The number of carboxylic acid groups (broad SMARTS) is 1. The van der Waals surface area contributed by atoms with Crippen molar-refractivity contribution in [3.8, 4) is 0 Å². The Labute approximate surface area is 107 Å². The maximum absolute atomic E-state index is 11.9. The van der Waals surface area contributed by atoms with Crippen molar-refractivity contribution in [1.82, 2.24) is 4.90 Å². The lowest BCUT2D eigenvalue weighted by Gasteiger charge is -2.36. The molecule has 1 saturated heterocycles. The summed E-state index contributed by atoms with van der Waals surface area (Å²) < 4.78 is 10.4. The smallest absolute Gasteiger partial charge is 0.410 e. The Bertz CT molecular complexity index is 323. The average Bonchev–Trinajstić information content (AvgIpc) is 2.25. The first-order chi connectivity index (χ1) is 8.24. The third-order valence-electron chi connectivity index (χ3n) is 2.83. The minimum absolute atomic E-state index is 0.252. The monoisotopic (exact) mass is 259 g/mol. The van der Waals surface area contributed by atoms with Crippen LogP contribution in [0.4, 0.5) is 4.79 Å². The highest BCUT2D eigenvalue weighted by molar-refractivity contribution is 5.72. The zero-order chi connectivity index (χ0) is 13.9. The number of ether oxygens (including phenoxy) is 2. The highest BCUT2D eigenvalue weighted by Crippen LogP contribution is 2.22. The van der Waals surface area contributed by atoms with Crippen molar-refractivity contribution in [2.75, 3.05) is 20.2 Å². The van der Waals surface area contributed by atoms with Crippen LogP contribution in [0.25, 0.3) is 0 Å². The molecule has 0 spiro atoms. The summed E-state index contributed by atoms with van der Waals surface area (Å²) in [6.07, 6.45) is -0.523. The van der Waals surface area contributed by atoms with Crippen LogP contribution >= 0.6 is 0 Å². The molecular formula is C12H21NO5. The lowest BCUT2D eigenvalue weighted by Crippen LogP contribution is -2.50. The van der Waals surface area contributed by atoms with Crippen LogP contribution in [0.2, 0.25) is 0 Å². The van der Waals surface area contributed by atoms with Gasteiger partial charge in [-0.15, -0.1) is 0 Å². The van der Waals surface area contributed by atoms with Gasteiger partial charge in [0.1, 0.15) is 5.60 Å². The third-order valence-corrected chi connectivity index (χ3v) is 2.83. The van der Waals surface area contributed by atoms with E-state index >= 15 is 0 Å². The van der Waals surface area contributed by atoms with Crippen molar-refractivity contribution < 1.29 is 24.2 Å². The molecule has 104 valence electrons. The van der Waals surface area contributed by atoms with Gasteiger partial charge in [-0.25, -0.2) is 4.79 Å². The van der Waals surface area contributed by atoms with E-state index in [1.165, 1.54) is 12.0 Å². The molecule has 0 aromatic carbocycles. The molecule has 1 heterocycles. The largest absolute Gasteiger partial charge is 0.481 e. The van der Waals surface area contributed by atoms with Crippen molar-refractivity contribution in [2.24, 2.45) is 5.92 Å². The molecule has 1 aliphatic rings. The minimum atomic E-state index is -0.884. The Kier molecular flexibility index (Phi) is 4.56. The summed E-state index contributed by atoms with van der Waals surface area (Å²) in [6.45, 7) is 6.02. The van der Waals surface area contributed by atoms with Crippen molar-refractivity contribution in [3.63, 3.8) is 0 Å². The number of aliphatic carboxylic acids is 1. The highest BCUT2D eigenvalue weighted by Gasteiger charge is 2.37. The molecule has 6 heteroatoms. The van der Waals surface area contributed by atoms with Crippen molar-refractivity contribution in [1.29, 1.82) is 0 Å². The summed E-state index contributed by atoms with van der Waals surface area (Å²) in [4.78, 5) is 24.4. The number of rotatable bonds is 2. The molecule has 1 amide bonds. The maximum atomic E-state index is 11.9. The number of hydrogen-bond acceptors (Lipinski definition) is 4. The van der Waals surface area contributed by atoms with Gasteiger partial charge in [0.05, 0.1) is 18.6 Å². The molecule has 2 unspecified atom stereocenters. The highest BCUT2D eigenvalue weighted by atomic mass is 16.6. The number of piperidine rings is 1. The Morgan fingerprint density at radius 3 is 2.39 bits per heavy atom. The van der Waals surface area contributed by atoms with Crippen LogP contribution in [0.3, 0.4) is 0 Å². The van der Waals surface area contributed by atoms with Crippen LogP contribution in [0.15, 0.2) is 0 Å². The quantitative estimate of drug-likeness (QED) is 0.810. The number of carbonyl (C=O) groups is 2. The summed E-state index contributed by atoms with van der Waals surface area (Å²) in [6, 6.07) is 0. The van der Waals surface area contributed by atoms with Crippen LogP contribution in [0.1, 0.15) is 27.2 Å². The van der Waals surface area contributed by atoms with Gasteiger partial charge in [0, 0.05) is 13.7 Å². The molecule has 0 aromatic rings. The van der Waals surface area contributed by atoms with Crippen LogP contribution in [0, 0.1) is 5.92 Å². The fraction of sp³-hybridized carbons (Fsp3) is 0.833. The number of likely N-dealkylation sites (tertiary alicyclic amines) is 1. The Morgan fingerprint density at radius 1 is 1.33 bits per heavy atom. The molecule has 6 nitrogen and oxygen atoms in total. The second-order valence-corrected chi connectivity index (χ2v) is 5.43. The molecule has 2 atom stereocenters. The topological polar surface area (TPSA) is 76.1 Å². The van der Waals surface area contributed by atoms with E-state index in [0.717, 1.165) is 0 Å². The number of methoxy groups -OCH3 is 1. The first-order valence-electron chi connectivity index (χ1n) is 5.98. The van der Waals surface area contributed by atoms with Gasteiger partial charge < -0.3 is 19.5 Å². The first kappa shape index (κ1) is 14.8. The van der Waals surface area contributed by atoms with E-state index in [1.54, 1.807) is 20.8 Å². The summed E-state index contributed by atoms with van der Waals surface area (Å²) in [7, 11) is 1.46. The van der Waals surface area contributed by atoms with Gasteiger partial charge in [0.15, 0.2) is 0 Å².